The fourth-order valence-corrected chi connectivity index (χ4v) is 5.08. The number of nitrogens with zero attached hydrogens (tertiary/aromatic N) is 3. The Morgan fingerprint density at radius 2 is 2.10 bits per heavy atom. The van der Waals surface area contributed by atoms with E-state index >= 15 is 0 Å². The highest BCUT2D eigenvalue weighted by Crippen LogP contribution is 2.38. The van der Waals surface area contributed by atoms with E-state index in [4.69, 9.17) is 10.5 Å². The second-order valence-corrected chi connectivity index (χ2v) is 9.12. The molecule has 0 fully saturated rings. The van der Waals surface area contributed by atoms with Crippen LogP contribution in [-0.4, -0.2) is 27.8 Å². The van der Waals surface area contributed by atoms with E-state index in [1.165, 1.54) is 11.0 Å². The molecule has 0 saturated carbocycles. The lowest BCUT2D eigenvalue weighted by atomic mass is 9.99. The Labute approximate surface area is 182 Å². The molecular formula is C23H21FN4O2S. The number of nitrogens with two attached hydrogens (primary N) is 1. The number of carbonyl (C=O) groups excluding carboxylic acids is 1. The topological polar surface area (TPSA) is 81.3 Å². The van der Waals surface area contributed by atoms with Gasteiger partial charge in [-0.3, -0.25) is 4.79 Å². The van der Waals surface area contributed by atoms with E-state index in [1.54, 1.807) is 24.5 Å². The Morgan fingerprint density at radius 1 is 1.29 bits per heavy atom. The molecule has 5 rings (SSSR count). The number of carbonyl (C=O) groups is 1. The molecule has 2 aromatic heterocycles. The molecule has 2 aromatic carbocycles. The molecule has 0 radical (unpaired) electrons. The standard InChI is InChI=1S/C23H21FN4O2S/c1-11-21-16(10-30-11)14-7-15(17(24)8-19(14)27-22(21)25)23(29)28(3)9-13-4-5-18-20(6-13)31-12(2)26-18/h4-8,11H,9-10H2,1-3H3,(H2,25,27)/t11-/m1/s1. The molecule has 4 aromatic rings. The summed E-state index contributed by atoms with van der Waals surface area (Å²) in [5.41, 5.74) is 10.1. The van der Waals surface area contributed by atoms with Gasteiger partial charge in [0.15, 0.2) is 0 Å². The number of rotatable bonds is 3. The van der Waals surface area contributed by atoms with Gasteiger partial charge in [-0.15, -0.1) is 11.3 Å². The zero-order valence-electron chi connectivity index (χ0n) is 17.4. The number of hydrogen-bond acceptors (Lipinski definition) is 6. The van der Waals surface area contributed by atoms with Crippen molar-refractivity contribution in [2.45, 2.75) is 33.1 Å². The van der Waals surface area contributed by atoms with Crippen LogP contribution >= 0.6 is 11.3 Å². The zero-order valence-corrected chi connectivity index (χ0v) is 18.2. The summed E-state index contributed by atoms with van der Waals surface area (Å²) in [6, 6.07) is 8.77. The van der Waals surface area contributed by atoms with E-state index < -0.39 is 11.7 Å². The molecule has 3 heterocycles. The molecule has 0 spiro atoms. The smallest absolute Gasteiger partial charge is 0.256 e. The Kier molecular flexibility index (Phi) is 4.64. The van der Waals surface area contributed by atoms with Crippen molar-refractivity contribution in [2.75, 3.05) is 12.8 Å². The molecule has 1 aliphatic rings. The molecule has 1 atom stereocenters. The van der Waals surface area contributed by atoms with Crippen LogP contribution in [0.3, 0.4) is 0 Å². The van der Waals surface area contributed by atoms with Crippen molar-refractivity contribution in [1.29, 1.82) is 0 Å². The number of benzene rings is 2. The molecule has 0 bridgehead atoms. The average Bonchev–Trinajstić information content (AvgIpc) is 3.29. The molecule has 6 nitrogen and oxygen atoms in total. The summed E-state index contributed by atoms with van der Waals surface area (Å²) in [5.74, 6) is -0.661. The van der Waals surface area contributed by atoms with E-state index in [9.17, 15) is 9.18 Å². The normalized spacial score (nSPS) is 15.5. The second kappa shape index (κ2) is 7.25. The number of hydrogen-bond donors (Lipinski definition) is 1. The quantitative estimate of drug-likeness (QED) is 0.502. The maximum atomic E-state index is 14.9. The Morgan fingerprint density at radius 3 is 2.90 bits per heavy atom. The summed E-state index contributed by atoms with van der Waals surface area (Å²) in [6.07, 6.45) is -0.177. The molecule has 1 amide bonds. The van der Waals surface area contributed by atoms with Crippen molar-refractivity contribution < 1.29 is 13.9 Å². The molecule has 0 unspecified atom stereocenters. The molecule has 158 valence electrons. The van der Waals surface area contributed by atoms with E-state index in [0.29, 0.717) is 29.9 Å². The first-order valence-corrected chi connectivity index (χ1v) is 10.8. The molecule has 0 saturated heterocycles. The van der Waals surface area contributed by atoms with E-state index in [2.05, 4.69) is 9.97 Å². The van der Waals surface area contributed by atoms with Crippen LogP contribution in [0, 0.1) is 12.7 Å². The van der Waals surface area contributed by atoms with Gasteiger partial charge in [-0.25, -0.2) is 14.4 Å². The number of amides is 1. The molecule has 2 N–H and O–H groups in total. The number of fused-ring (bicyclic) bond motifs is 4. The highest BCUT2D eigenvalue weighted by atomic mass is 32.1. The van der Waals surface area contributed by atoms with Crippen LogP contribution in [0.5, 0.6) is 0 Å². The van der Waals surface area contributed by atoms with Crippen molar-refractivity contribution in [3.63, 3.8) is 0 Å². The lowest BCUT2D eigenvalue weighted by Gasteiger charge is -2.18. The second-order valence-electron chi connectivity index (χ2n) is 7.89. The molecular weight excluding hydrogens is 415 g/mol. The van der Waals surface area contributed by atoms with Crippen LogP contribution in [0.2, 0.25) is 0 Å². The highest BCUT2D eigenvalue weighted by Gasteiger charge is 2.27. The highest BCUT2D eigenvalue weighted by molar-refractivity contribution is 7.18. The van der Waals surface area contributed by atoms with Gasteiger partial charge in [0.25, 0.3) is 5.91 Å². The largest absolute Gasteiger partial charge is 0.383 e. The van der Waals surface area contributed by atoms with Crippen molar-refractivity contribution >= 4 is 44.2 Å². The lowest BCUT2D eigenvalue weighted by Crippen LogP contribution is -2.27. The van der Waals surface area contributed by atoms with Gasteiger partial charge in [0.2, 0.25) is 0 Å². The van der Waals surface area contributed by atoms with Crippen LogP contribution in [0.15, 0.2) is 30.3 Å². The number of nitrogen functional groups attached to an aromatic ring is 1. The summed E-state index contributed by atoms with van der Waals surface area (Å²) in [4.78, 5) is 23.4. The molecule has 8 heteroatoms. The number of aromatic nitrogens is 2. The Bertz CT molecular complexity index is 1370. The van der Waals surface area contributed by atoms with Gasteiger partial charge in [0.05, 0.1) is 39.0 Å². The minimum absolute atomic E-state index is 0.0121. The van der Waals surface area contributed by atoms with E-state index in [1.807, 2.05) is 32.0 Å². The first-order valence-electron chi connectivity index (χ1n) is 9.96. The number of pyridine rings is 1. The summed E-state index contributed by atoms with van der Waals surface area (Å²) < 4.78 is 21.6. The maximum Gasteiger partial charge on any atom is 0.256 e. The van der Waals surface area contributed by atoms with Gasteiger partial charge in [-0.05, 0) is 43.2 Å². The third-order valence-corrected chi connectivity index (χ3v) is 6.63. The maximum absolute atomic E-state index is 14.9. The van der Waals surface area contributed by atoms with Crippen LogP contribution < -0.4 is 5.73 Å². The number of thiazole rings is 1. The Hall–Kier alpha value is -3.10. The van der Waals surface area contributed by atoms with Crippen molar-refractivity contribution in [2.24, 2.45) is 0 Å². The number of halogens is 1. The van der Waals surface area contributed by atoms with Gasteiger partial charge in [0, 0.05) is 30.6 Å². The zero-order chi connectivity index (χ0) is 21.9. The SMILES string of the molecule is Cc1nc2ccc(CN(C)C(=O)c3cc4c5c(c(N)nc4cc3F)[C@@H](C)OC5)cc2s1. The minimum Gasteiger partial charge on any atom is -0.383 e. The third-order valence-electron chi connectivity index (χ3n) is 5.69. The summed E-state index contributed by atoms with van der Waals surface area (Å²) in [7, 11) is 1.67. The lowest BCUT2D eigenvalue weighted by molar-refractivity contribution is 0.0779. The molecule has 1 aliphatic heterocycles. The van der Waals surface area contributed by atoms with Crippen LogP contribution in [0.25, 0.3) is 21.1 Å². The van der Waals surface area contributed by atoms with Crippen LogP contribution in [-0.2, 0) is 17.9 Å². The summed E-state index contributed by atoms with van der Waals surface area (Å²) in [5, 5.41) is 1.70. The van der Waals surface area contributed by atoms with Crippen molar-refractivity contribution in [3.05, 3.63) is 63.4 Å². The third kappa shape index (κ3) is 3.32. The predicted octanol–water partition coefficient (Wildman–Crippen LogP) is 4.74. The summed E-state index contributed by atoms with van der Waals surface area (Å²) >= 11 is 1.61. The Balaban J connectivity index is 1.49. The minimum atomic E-state index is -0.614. The van der Waals surface area contributed by atoms with E-state index in [0.717, 1.165) is 31.9 Å². The number of anilines is 1. The van der Waals surface area contributed by atoms with Crippen LogP contribution in [0.1, 0.15) is 45.1 Å². The fourth-order valence-electron chi connectivity index (χ4n) is 4.19. The summed E-state index contributed by atoms with van der Waals surface area (Å²) in [6.45, 7) is 4.60. The van der Waals surface area contributed by atoms with Crippen molar-refractivity contribution in [3.8, 4) is 0 Å². The fraction of sp³-hybridized carbons (Fsp3) is 0.261. The van der Waals surface area contributed by atoms with Crippen molar-refractivity contribution in [1.82, 2.24) is 14.9 Å². The molecule has 0 aliphatic carbocycles. The monoisotopic (exact) mass is 436 g/mol. The van der Waals surface area contributed by atoms with Gasteiger partial charge in [-0.2, -0.15) is 0 Å². The molecule has 31 heavy (non-hydrogen) atoms. The van der Waals surface area contributed by atoms with Crippen LogP contribution in [0.4, 0.5) is 10.2 Å². The van der Waals surface area contributed by atoms with Gasteiger partial charge in [-0.1, -0.05) is 6.07 Å². The van der Waals surface area contributed by atoms with Gasteiger partial charge in [0.1, 0.15) is 11.6 Å². The van der Waals surface area contributed by atoms with Gasteiger partial charge >= 0.3 is 0 Å². The van der Waals surface area contributed by atoms with E-state index in [-0.39, 0.29) is 11.7 Å². The number of ether oxygens (including phenoxy) is 1. The van der Waals surface area contributed by atoms with Gasteiger partial charge < -0.3 is 15.4 Å². The first kappa shape index (κ1) is 19.8. The average molecular weight is 437 g/mol. The number of aryl methyl sites for hydroxylation is 1. The first-order chi connectivity index (χ1) is 14.8. The predicted molar refractivity (Wildman–Crippen MR) is 119 cm³/mol.